The number of esters is 2. The highest BCUT2D eigenvalue weighted by Gasteiger charge is 2.38. The van der Waals surface area contributed by atoms with Gasteiger partial charge in [-0.05, 0) is 21.9 Å². The molecule has 0 spiro atoms. The Morgan fingerprint density at radius 1 is 0.692 bits per heavy atom. The number of fused-ring (bicyclic) bond motifs is 1. The number of hydrogen-bond acceptors (Lipinski definition) is 4. The zero-order valence-corrected chi connectivity index (χ0v) is 14.7. The van der Waals surface area contributed by atoms with Crippen molar-refractivity contribution < 1.29 is 19.1 Å². The summed E-state index contributed by atoms with van der Waals surface area (Å²) in [7, 11) is 2.56. The fourth-order valence-electron chi connectivity index (χ4n) is 3.26. The molecule has 0 saturated heterocycles. The molecule has 0 radical (unpaired) electrons. The molecule has 132 valence electrons. The van der Waals surface area contributed by atoms with Crippen LogP contribution in [0.3, 0.4) is 0 Å². The second kappa shape index (κ2) is 7.83. The van der Waals surface area contributed by atoms with E-state index < -0.39 is 23.8 Å². The molecular formula is C22H20O4. The standard InChI is InChI=1S/C22H20O4/c1-25-21(23)20(22(24)26-2)19(16-9-4-3-5-10-16)18-13-12-15-8-6-7-11-17(15)14-18/h3-14,19-20H,1-2H3/t19-/m1/s1. The highest BCUT2D eigenvalue weighted by atomic mass is 16.5. The third kappa shape index (κ3) is 3.45. The lowest BCUT2D eigenvalue weighted by molar-refractivity contribution is -0.159. The van der Waals surface area contributed by atoms with Crippen LogP contribution >= 0.6 is 0 Å². The van der Waals surface area contributed by atoms with Crippen LogP contribution in [0.1, 0.15) is 17.0 Å². The summed E-state index contributed by atoms with van der Waals surface area (Å²) in [5.74, 6) is -2.80. The summed E-state index contributed by atoms with van der Waals surface area (Å²) in [5.41, 5.74) is 1.71. The minimum atomic E-state index is -1.08. The number of carbonyl (C=O) groups excluding carboxylic acids is 2. The van der Waals surface area contributed by atoms with E-state index in [2.05, 4.69) is 0 Å². The molecule has 4 heteroatoms. The predicted octanol–water partition coefficient (Wildman–Crippen LogP) is 3.93. The average Bonchev–Trinajstić information content (AvgIpc) is 2.71. The van der Waals surface area contributed by atoms with E-state index in [1.54, 1.807) is 0 Å². The van der Waals surface area contributed by atoms with Crippen molar-refractivity contribution in [3.8, 4) is 0 Å². The van der Waals surface area contributed by atoms with E-state index in [9.17, 15) is 9.59 Å². The summed E-state index contributed by atoms with van der Waals surface area (Å²) in [4.78, 5) is 24.9. The maximum absolute atomic E-state index is 12.4. The van der Waals surface area contributed by atoms with Gasteiger partial charge in [-0.3, -0.25) is 9.59 Å². The first-order chi connectivity index (χ1) is 12.7. The molecule has 0 aromatic heterocycles. The van der Waals surface area contributed by atoms with Crippen molar-refractivity contribution in [1.82, 2.24) is 0 Å². The van der Waals surface area contributed by atoms with Crippen molar-refractivity contribution in [3.63, 3.8) is 0 Å². The molecule has 0 saturated carbocycles. The van der Waals surface area contributed by atoms with Crippen LogP contribution in [0, 0.1) is 5.92 Å². The van der Waals surface area contributed by atoms with Crippen LogP contribution in [0.15, 0.2) is 72.8 Å². The number of carbonyl (C=O) groups is 2. The SMILES string of the molecule is COC(=O)C(C(=O)OC)[C@H](c1ccccc1)c1ccc2ccccc2c1. The molecule has 0 heterocycles. The van der Waals surface area contributed by atoms with Gasteiger partial charge in [0.2, 0.25) is 0 Å². The molecule has 0 aliphatic heterocycles. The Kier molecular flexibility index (Phi) is 5.32. The van der Waals surface area contributed by atoms with E-state index in [0.29, 0.717) is 0 Å². The molecule has 0 N–H and O–H groups in total. The summed E-state index contributed by atoms with van der Waals surface area (Å²) < 4.78 is 9.81. The fraction of sp³-hybridized carbons (Fsp3) is 0.182. The zero-order valence-electron chi connectivity index (χ0n) is 14.7. The number of ether oxygens (including phenoxy) is 2. The minimum absolute atomic E-state index is 0.499. The second-order valence-electron chi connectivity index (χ2n) is 6.02. The first-order valence-electron chi connectivity index (χ1n) is 8.35. The molecule has 3 aromatic carbocycles. The second-order valence-corrected chi connectivity index (χ2v) is 6.02. The Balaban J connectivity index is 2.19. The Morgan fingerprint density at radius 3 is 1.88 bits per heavy atom. The Labute approximate surface area is 152 Å². The number of hydrogen-bond donors (Lipinski definition) is 0. The minimum Gasteiger partial charge on any atom is -0.468 e. The topological polar surface area (TPSA) is 52.6 Å². The highest BCUT2D eigenvalue weighted by Crippen LogP contribution is 2.35. The van der Waals surface area contributed by atoms with Gasteiger partial charge in [-0.1, -0.05) is 72.8 Å². The quantitative estimate of drug-likeness (QED) is 0.518. The lowest BCUT2D eigenvalue weighted by Crippen LogP contribution is -2.33. The predicted molar refractivity (Wildman–Crippen MR) is 99.8 cm³/mol. The van der Waals surface area contributed by atoms with Crippen molar-refractivity contribution in [2.45, 2.75) is 5.92 Å². The van der Waals surface area contributed by atoms with Crippen LogP contribution in [0.25, 0.3) is 10.8 Å². The summed E-state index contributed by atoms with van der Waals surface area (Å²) >= 11 is 0. The molecule has 0 unspecified atom stereocenters. The molecule has 0 aliphatic rings. The van der Waals surface area contributed by atoms with Gasteiger partial charge >= 0.3 is 11.9 Å². The van der Waals surface area contributed by atoms with E-state index in [1.807, 2.05) is 72.8 Å². The first-order valence-corrected chi connectivity index (χ1v) is 8.35. The van der Waals surface area contributed by atoms with Crippen LogP contribution in [0.2, 0.25) is 0 Å². The molecule has 26 heavy (non-hydrogen) atoms. The third-order valence-electron chi connectivity index (χ3n) is 4.53. The van der Waals surface area contributed by atoms with Gasteiger partial charge in [0.05, 0.1) is 14.2 Å². The fourth-order valence-corrected chi connectivity index (χ4v) is 3.26. The number of benzene rings is 3. The monoisotopic (exact) mass is 348 g/mol. The normalized spacial score (nSPS) is 12.0. The molecule has 0 bridgehead atoms. The van der Waals surface area contributed by atoms with Gasteiger partial charge in [-0.25, -0.2) is 0 Å². The van der Waals surface area contributed by atoms with Gasteiger partial charge in [0.15, 0.2) is 5.92 Å². The van der Waals surface area contributed by atoms with Crippen molar-refractivity contribution in [2.75, 3.05) is 14.2 Å². The maximum Gasteiger partial charge on any atom is 0.321 e. The summed E-state index contributed by atoms with van der Waals surface area (Å²) in [6.45, 7) is 0. The summed E-state index contributed by atoms with van der Waals surface area (Å²) in [6.07, 6.45) is 0. The lowest BCUT2D eigenvalue weighted by atomic mass is 9.80. The van der Waals surface area contributed by atoms with Gasteiger partial charge < -0.3 is 9.47 Å². The van der Waals surface area contributed by atoms with Gasteiger partial charge in [-0.15, -0.1) is 0 Å². The molecule has 3 rings (SSSR count). The molecule has 1 atom stereocenters. The molecule has 4 nitrogen and oxygen atoms in total. The van der Waals surface area contributed by atoms with Crippen LogP contribution < -0.4 is 0 Å². The van der Waals surface area contributed by atoms with E-state index in [0.717, 1.165) is 21.9 Å². The zero-order chi connectivity index (χ0) is 18.5. The first kappa shape index (κ1) is 17.7. The lowest BCUT2D eigenvalue weighted by Gasteiger charge is -2.24. The van der Waals surface area contributed by atoms with Crippen molar-refractivity contribution in [3.05, 3.63) is 83.9 Å². The summed E-state index contributed by atoms with van der Waals surface area (Å²) in [5, 5.41) is 2.13. The van der Waals surface area contributed by atoms with Crippen LogP contribution in [-0.4, -0.2) is 26.2 Å². The van der Waals surface area contributed by atoms with Crippen LogP contribution in [0.5, 0.6) is 0 Å². The van der Waals surface area contributed by atoms with E-state index >= 15 is 0 Å². The van der Waals surface area contributed by atoms with Gasteiger partial charge in [0.1, 0.15) is 0 Å². The van der Waals surface area contributed by atoms with E-state index in [-0.39, 0.29) is 0 Å². The number of methoxy groups -OCH3 is 2. The molecule has 0 fully saturated rings. The Hall–Kier alpha value is -3.14. The van der Waals surface area contributed by atoms with Crippen molar-refractivity contribution in [1.29, 1.82) is 0 Å². The largest absolute Gasteiger partial charge is 0.468 e. The van der Waals surface area contributed by atoms with Crippen LogP contribution in [-0.2, 0) is 19.1 Å². The van der Waals surface area contributed by atoms with Crippen molar-refractivity contribution in [2.24, 2.45) is 5.92 Å². The molecule has 3 aromatic rings. The molecule has 0 amide bonds. The van der Waals surface area contributed by atoms with Gasteiger partial charge in [0.25, 0.3) is 0 Å². The average molecular weight is 348 g/mol. The third-order valence-corrected chi connectivity index (χ3v) is 4.53. The van der Waals surface area contributed by atoms with Gasteiger partial charge in [-0.2, -0.15) is 0 Å². The summed E-state index contributed by atoms with van der Waals surface area (Å²) in [6, 6.07) is 23.4. The molecular weight excluding hydrogens is 328 g/mol. The smallest absolute Gasteiger partial charge is 0.321 e. The Bertz CT molecular complexity index is 902. The highest BCUT2D eigenvalue weighted by molar-refractivity contribution is 5.97. The van der Waals surface area contributed by atoms with E-state index in [4.69, 9.17) is 9.47 Å². The van der Waals surface area contributed by atoms with Crippen molar-refractivity contribution >= 4 is 22.7 Å². The van der Waals surface area contributed by atoms with E-state index in [1.165, 1.54) is 14.2 Å². The molecule has 0 aliphatic carbocycles. The maximum atomic E-state index is 12.4. The van der Waals surface area contributed by atoms with Gasteiger partial charge in [0, 0.05) is 5.92 Å². The Morgan fingerprint density at radius 2 is 1.27 bits per heavy atom. The number of rotatable bonds is 5. The van der Waals surface area contributed by atoms with Crippen LogP contribution in [0.4, 0.5) is 0 Å².